The van der Waals surface area contributed by atoms with Crippen LogP contribution >= 0.6 is 0 Å². The molecule has 0 aromatic rings. The normalized spacial score (nSPS) is 22.6. The maximum Gasteiger partial charge on any atom is 0.322 e. The van der Waals surface area contributed by atoms with Crippen molar-refractivity contribution in [1.29, 1.82) is 0 Å². The highest BCUT2D eigenvalue weighted by atomic mass is 16.5. The lowest BCUT2D eigenvalue weighted by Crippen LogP contribution is -2.42. The van der Waals surface area contributed by atoms with Crippen LogP contribution in [0.25, 0.3) is 0 Å². The minimum atomic E-state index is -0.430. The van der Waals surface area contributed by atoms with Gasteiger partial charge in [-0.3, -0.25) is 4.79 Å². The first-order valence-electron chi connectivity index (χ1n) is 4.50. The topological polar surface area (TPSA) is 52.3 Å². The van der Waals surface area contributed by atoms with Crippen molar-refractivity contribution >= 4 is 5.97 Å². The van der Waals surface area contributed by atoms with Crippen LogP contribution in [0.1, 0.15) is 26.2 Å². The first kappa shape index (κ1) is 9.52. The summed E-state index contributed by atoms with van der Waals surface area (Å²) in [6, 6.07) is -0.430. The second kappa shape index (κ2) is 3.90. The van der Waals surface area contributed by atoms with Gasteiger partial charge in [0.1, 0.15) is 6.04 Å². The molecule has 0 spiro atoms. The molecular weight excluding hydrogens is 154 g/mol. The summed E-state index contributed by atoms with van der Waals surface area (Å²) in [6.45, 7) is 2.03. The minimum Gasteiger partial charge on any atom is -0.468 e. The zero-order valence-corrected chi connectivity index (χ0v) is 7.75. The quantitative estimate of drug-likeness (QED) is 0.642. The smallest absolute Gasteiger partial charge is 0.322 e. The number of methoxy groups -OCH3 is 1. The first-order chi connectivity index (χ1) is 5.66. The Morgan fingerprint density at radius 1 is 1.58 bits per heavy atom. The Morgan fingerprint density at radius 3 is 2.50 bits per heavy atom. The van der Waals surface area contributed by atoms with Gasteiger partial charge >= 0.3 is 5.97 Å². The number of hydrogen-bond acceptors (Lipinski definition) is 3. The van der Waals surface area contributed by atoms with E-state index in [1.807, 2.05) is 6.92 Å². The number of nitrogens with two attached hydrogens (primary N) is 1. The van der Waals surface area contributed by atoms with E-state index in [1.54, 1.807) is 0 Å². The molecule has 3 heteroatoms. The summed E-state index contributed by atoms with van der Waals surface area (Å²) in [5, 5.41) is 0. The first-order valence-corrected chi connectivity index (χ1v) is 4.50. The predicted octanol–water partition coefficient (Wildman–Crippen LogP) is 0.923. The summed E-state index contributed by atoms with van der Waals surface area (Å²) >= 11 is 0. The third-order valence-electron chi connectivity index (χ3n) is 2.93. The van der Waals surface area contributed by atoms with Gasteiger partial charge in [0.25, 0.3) is 0 Å². The van der Waals surface area contributed by atoms with E-state index in [1.165, 1.54) is 26.4 Å². The fourth-order valence-electron chi connectivity index (χ4n) is 1.61. The third-order valence-corrected chi connectivity index (χ3v) is 2.93. The molecule has 2 N–H and O–H groups in total. The molecule has 70 valence electrons. The molecule has 1 rings (SSSR count). The largest absolute Gasteiger partial charge is 0.468 e. The van der Waals surface area contributed by atoms with E-state index in [0.717, 1.165) is 0 Å². The molecule has 2 atom stereocenters. The van der Waals surface area contributed by atoms with Gasteiger partial charge < -0.3 is 10.5 Å². The SMILES string of the molecule is COC(=O)C(N)C(C)C1CCC1. The van der Waals surface area contributed by atoms with Crippen LogP contribution in [0, 0.1) is 11.8 Å². The Kier molecular flexibility index (Phi) is 3.09. The fourth-order valence-corrected chi connectivity index (χ4v) is 1.61. The molecule has 0 bridgehead atoms. The van der Waals surface area contributed by atoms with Crippen LogP contribution in [-0.4, -0.2) is 19.1 Å². The molecule has 0 amide bonds. The molecule has 0 radical (unpaired) electrons. The Morgan fingerprint density at radius 2 is 2.17 bits per heavy atom. The van der Waals surface area contributed by atoms with Gasteiger partial charge in [0.2, 0.25) is 0 Å². The maximum absolute atomic E-state index is 11.1. The molecule has 3 nitrogen and oxygen atoms in total. The van der Waals surface area contributed by atoms with E-state index in [2.05, 4.69) is 4.74 Å². The van der Waals surface area contributed by atoms with Crippen LogP contribution in [0.2, 0.25) is 0 Å². The van der Waals surface area contributed by atoms with Crippen LogP contribution in [0.15, 0.2) is 0 Å². The van der Waals surface area contributed by atoms with Gasteiger partial charge in [-0.1, -0.05) is 26.2 Å². The predicted molar refractivity (Wildman–Crippen MR) is 46.5 cm³/mol. The minimum absolute atomic E-state index is 0.270. The van der Waals surface area contributed by atoms with Gasteiger partial charge in [-0.25, -0.2) is 0 Å². The molecule has 0 saturated heterocycles. The lowest BCUT2D eigenvalue weighted by molar-refractivity contribution is -0.144. The molecule has 1 aliphatic rings. The third kappa shape index (κ3) is 1.78. The van der Waals surface area contributed by atoms with Crippen molar-refractivity contribution in [2.24, 2.45) is 17.6 Å². The fraction of sp³-hybridized carbons (Fsp3) is 0.889. The Hall–Kier alpha value is -0.570. The van der Waals surface area contributed by atoms with Crippen molar-refractivity contribution in [3.05, 3.63) is 0 Å². The molecule has 0 heterocycles. The highest BCUT2D eigenvalue weighted by Gasteiger charge is 2.31. The standard InChI is InChI=1S/C9H17NO2/c1-6(7-4-3-5-7)8(10)9(11)12-2/h6-8H,3-5,10H2,1-2H3. The van der Waals surface area contributed by atoms with Crippen molar-refractivity contribution in [1.82, 2.24) is 0 Å². The molecule has 0 aromatic heterocycles. The van der Waals surface area contributed by atoms with Gasteiger partial charge in [-0.15, -0.1) is 0 Å². The molecule has 1 fully saturated rings. The lowest BCUT2D eigenvalue weighted by atomic mass is 9.74. The molecule has 12 heavy (non-hydrogen) atoms. The van der Waals surface area contributed by atoms with Gasteiger partial charge in [0.15, 0.2) is 0 Å². The summed E-state index contributed by atoms with van der Waals surface area (Å²) in [6.07, 6.45) is 3.71. The Labute approximate surface area is 73.3 Å². The van der Waals surface area contributed by atoms with Gasteiger partial charge in [-0.2, -0.15) is 0 Å². The Bertz CT molecular complexity index is 166. The second-order valence-corrected chi connectivity index (χ2v) is 3.60. The van der Waals surface area contributed by atoms with Gasteiger partial charge in [0.05, 0.1) is 7.11 Å². The van der Waals surface area contributed by atoms with Crippen molar-refractivity contribution in [3.8, 4) is 0 Å². The average Bonchev–Trinajstić information content (AvgIpc) is 1.98. The van der Waals surface area contributed by atoms with E-state index in [4.69, 9.17) is 5.73 Å². The average molecular weight is 171 g/mol. The summed E-state index contributed by atoms with van der Waals surface area (Å²) in [4.78, 5) is 11.1. The monoisotopic (exact) mass is 171 g/mol. The zero-order chi connectivity index (χ0) is 9.14. The number of rotatable bonds is 3. The highest BCUT2D eigenvalue weighted by molar-refractivity contribution is 5.75. The number of carbonyl (C=O) groups excluding carboxylic acids is 1. The van der Waals surface area contributed by atoms with Crippen LogP contribution in [0.3, 0.4) is 0 Å². The molecule has 2 unspecified atom stereocenters. The summed E-state index contributed by atoms with van der Waals surface area (Å²) in [5.41, 5.74) is 5.71. The second-order valence-electron chi connectivity index (χ2n) is 3.60. The van der Waals surface area contributed by atoms with Gasteiger partial charge in [0, 0.05) is 0 Å². The van der Waals surface area contributed by atoms with Crippen molar-refractivity contribution in [2.75, 3.05) is 7.11 Å². The molecule has 0 aromatic carbocycles. The van der Waals surface area contributed by atoms with Crippen molar-refractivity contribution in [3.63, 3.8) is 0 Å². The summed E-state index contributed by atoms with van der Waals surface area (Å²) in [5.74, 6) is 0.625. The maximum atomic E-state index is 11.1. The van der Waals surface area contributed by atoms with Crippen LogP contribution in [0.4, 0.5) is 0 Å². The van der Waals surface area contributed by atoms with E-state index in [9.17, 15) is 4.79 Å². The van der Waals surface area contributed by atoms with Crippen molar-refractivity contribution in [2.45, 2.75) is 32.2 Å². The van der Waals surface area contributed by atoms with E-state index >= 15 is 0 Å². The number of hydrogen-bond donors (Lipinski definition) is 1. The summed E-state index contributed by atoms with van der Waals surface area (Å²) < 4.78 is 4.59. The van der Waals surface area contributed by atoms with Crippen LogP contribution in [-0.2, 0) is 9.53 Å². The van der Waals surface area contributed by atoms with E-state index < -0.39 is 6.04 Å². The summed E-state index contributed by atoms with van der Waals surface area (Å²) in [7, 11) is 1.38. The van der Waals surface area contributed by atoms with Crippen LogP contribution < -0.4 is 5.73 Å². The lowest BCUT2D eigenvalue weighted by Gasteiger charge is -2.33. The zero-order valence-electron chi connectivity index (χ0n) is 7.75. The molecule has 0 aliphatic heterocycles. The number of esters is 1. The number of ether oxygens (including phenoxy) is 1. The van der Waals surface area contributed by atoms with E-state index in [-0.39, 0.29) is 11.9 Å². The van der Waals surface area contributed by atoms with E-state index in [0.29, 0.717) is 5.92 Å². The number of carbonyl (C=O) groups is 1. The molecular formula is C9H17NO2. The van der Waals surface area contributed by atoms with Crippen LogP contribution in [0.5, 0.6) is 0 Å². The molecule has 1 saturated carbocycles. The Balaban J connectivity index is 2.39. The van der Waals surface area contributed by atoms with Crippen molar-refractivity contribution < 1.29 is 9.53 Å². The van der Waals surface area contributed by atoms with Gasteiger partial charge in [-0.05, 0) is 11.8 Å². The molecule has 1 aliphatic carbocycles. The highest BCUT2D eigenvalue weighted by Crippen LogP contribution is 2.34.